The highest BCUT2D eigenvalue weighted by Crippen LogP contribution is 2.32. The Bertz CT molecular complexity index is 163. The molecule has 1 N–H and O–H groups in total. The van der Waals surface area contributed by atoms with Crippen LogP contribution in [-0.2, 0) is 0 Å². The quantitative estimate of drug-likeness (QED) is 0.706. The molecule has 0 spiro atoms. The van der Waals surface area contributed by atoms with Crippen molar-refractivity contribution in [3.8, 4) is 0 Å². The van der Waals surface area contributed by atoms with Crippen LogP contribution in [0.25, 0.3) is 0 Å². The lowest BCUT2D eigenvalue weighted by Crippen LogP contribution is -2.41. The van der Waals surface area contributed by atoms with Crippen LogP contribution in [0, 0.1) is 17.8 Å². The second-order valence-corrected chi connectivity index (χ2v) is 5.23. The summed E-state index contributed by atoms with van der Waals surface area (Å²) in [7, 11) is 0. The van der Waals surface area contributed by atoms with Gasteiger partial charge in [0.1, 0.15) is 0 Å². The van der Waals surface area contributed by atoms with Crippen molar-refractivity contribution in [2.45, 2.75) is 52.0 Å². The van der Waals surface area contributed by atoms with Crippen LogP contribution in [0.2, 0.25) is 0 Å². The minimum atomic E-state index is 0.823. The molecule has 1 nitrogen and oxygen atoms in total. The van der Waals surface area contributed by atoms with Gasteiger partial charge in [0, 0.05) is 6.04 Å². The van der Waals surface area contributed by atoms with Gasteiger partial charge in [-0.3, -0.25) is 0 Å². The largest absolute Gasteiger partial charge is 0.313 e. The van der Waals surface area contributed by atoms with E-state index in [2.05, 4.69) is 19.2 Å². The molecule has 0 amide bonds. The maximum absolute atomic E-state index is 3.76. The SMILES string of the molecule is C[C@H]1[C@@H](NCC2CC2)CCC[C@@H]1C. The summed E-state index contributed by atoms with van der Waals surface area (Å²) in [6, 6.07) is 0.823. The van der Waals surface area contributed by atoms with Gasteiger partial charge in [0.2, 0.25) is 0 Å². The van der Waals surface area contributed by atoms with Crippen LogP contribution in [0.3, 0.4) is 0 Å². The van der Waals surface area contributed by atoms with E-state index in [-0.39, 0.29) is 0 Å². The molecule has 0 aromatic carbocycles. The third-order valence-corrected chi connectivity index (χ3v) is 4.07. The molecule has 0 aromatic heterocycles. The summed E-state index contributed by atoms with van der Waals surface area (Å²) >= 11 is 0. The van der Waals surface area contributed by atoms with Crippen LogP contribution in [0.4, 0.5) is 0 Å². The van der Waals surface area contributed by atoms with Crippen molar-refractivity contribution in [1.82, 2.24) is 5.32 Å². The molecule has 3 atom stereocenters. The maximum atomic E-state index is 3.76. The van der Waals surface area contributed by atoms with E-state index in [1.807, 2.05) is 0 Å². The van der Waals surface area contributed by atoms with E-state index in [4.69, 9.17) is 0 Å². The molecule has 2 aliphatic carbocycles. The average molecular weight is 181 g/mol. The second-order valence-electron chi connectivity index (χ2n) is 5.23. The third-order valence-electron chi connectivity index (χ3n) is 4.07. The van der Waals surface area contributed by atoms with E-state index in [1.54, 1.807) is 0 Å². The summed E-state index contributed by atoms with van der Waals surface area (Å²) in [4.78, 5) is 0. The molecule has 0 aromatic rings. The van der Waals surface area contributed by atoms with E-state index in [1.165, 1.54) is 38.6 Å². The standard InChI is InChI=1S/C12H23N/c1-9-4-3-5-12(10(9)2)13-8-11-6-7-11/h9-13H,3-8H2,1-2H3/t9-,10+,12-/m0/s1. The lowest BCUT2D eigenvalue weighted by molar-refractivity contribution is 0.206. The highest BCUT2D eigenvalue weighted by atomic mass is 14.9. The van der Waals surface area contributed by atoms with E-state index >= 15 is 0 Å². The Balaban J connectivity index is 1.75. The highest BCUT2D eigenvalue weighted by Gasteiger charge is 2.28. The number of nitrogens with one attached hydrogen (secondary N) is 1. The normalized spacial score (nSPS) is 40.6. The predicted molar refractivity (Wildman–Crippen MR) is 56.7 cm³/mol. The molecular weight excluding hydrogens is 158 g/mol. The zero-order chi connectivity index (χ0) is 9.26. The molecule has 0 unspecified atom stereocenters. The molecule has 1 heteroatoms. The summed E-state index contributed by atoms with van der Waals surface area (Å²) in [5, 5.41) is 3.76. The molecule has 0 saturated heterocycles. The predicted octanol–water partition coefficient (Wildman–Crippen LogP) is 2.81. The van der Waals surface area contributed by atoms with Gasteiger partial charge in [-0.2, -0.15) is 0 Å². The van der Waals surface area contributed by atoms with Crippen molar-refractivity contribution in [2.75, 3.05) is 6.54 Å². The van der Waals surface area contributed by atoms with Gasteiger partial charge < -0.3 is 5.32 Å². The highest BCUT2D eigenvalue weighted by molar-refractivity contribution is 4.84. The van der Waals surface area contributed by atoms with Crippen molar-refractivity contribution >= 4 is 0 Å². The summed E-state index contributed by atoms with van der Waals surface area (Å²) < 4.78 is 0. The molecule has 0 aliphatic heterocycles. The summed E-state index contributed by atoms with van der Waals surface area (Å²) in [6.07, 6.45) is 7.25. The van der Waals surface area contributed by atoms with Gasteiger partial charge in [0.15, 0.2) is 0 Å². The van der Waals surface area contributed by atoms with Crippen LogP contribution < -0.4 is 5.32 Å². The van der Waals surface area contributed by atoms with Gasteiger partial charge in [0.25, 0.3) is 0 Å². The van der Waals surface area contributed by atoms with Gasteiger partial charge in [-0.05, 0) is 43.6 Å². The molecular formula is C12H23N. The van der Waals surface area contributed by atoms with Crippen LogP contribution in [0.1, 0.15) is 46.0 Å². The van der Waals surface area contributed by atoms with E-state index in [0.717, 1.165) is 23.8 Å². The van der Waals surface area contributed by atoms with Gasteiger partial charge in [-0.1, -0.05) is 26.7 Å². The van der Waals surface area contributed by atoms with Crippen LogP contribution in [0.15, 0.2) is 0 Å². The third kappa shape index (κ3) is 2.46. The number of hydrogen-bond acceptors (Lipinski definition) is 1. The molecule has 76 valence electrons. The van der Waals surface area contributed by atoms with E-state index < -0.39 is 0 Å². The first-order valence-corrected chi connectivity index (χ1v) is 6.00. The fraction of sp³-hybridized carbons (Fsp3) is 1.00. The number of rotatable bonds is 3. The zero-order valence-corrected chi connectivity index (χ0v) is 9.05. The second kappa shape index (κ2) is 4.00. The van der Waals surface area contributed by atoms with Gasteiger partial charge in [0.05, 0.1) is 0 Å². The monoisotopic (exact) mass is 181 g/mol. The van der Waals surface area contributed by atoms with Gasteiger partial charge in [-0.25, -0.2) is 0 Å². The van der Waals surface area contributed by atoms with Crippen LogP contribution >= 0.6 is 0 Å². The van der Waals surface area contributed by atoms with Crippen molar-refractivity contribution < 1.29 is 0 Å². The molecule has 0 bridgehead atoms. The van der Waals surface area contributed by atoms with Gasteiger partial charge >= 0.3 is 0 Å². The first-order chi connectivity index (χ1) is 6.27. The van der Waals surface area contributed by atoms with E-state index in [0.29, 0.717) is 0 Å². The molecule has 2 aliphatic rings. The van der Waals surface area contributed by atoms with E-state index in [9.17, 15) is 0 Å². The van der Waals surface area contributed by atoms with Crippen molar-refractivity contribution in [3.05, 3.63) is 0 Å². The van der Waals surface area contributed by atoms with Gasteiger partial charge in [-0.15, -0.1) is 0 Å². The average Bonchev–Trinajstić information content (AvgIpc) is 2.91. The fourth-order valence-corrected chi connectivity index (χ4v) is 2.51. The lowest BCUT2D eigenvalue weighted by atomic mass is 9.78. The molecule has 2 rings (SSSR count). The lowest BCUT2D eigenvalue weighted by Gasteiger charge is -2.34. The minimum absolute atomic E-state index is 0.823. The Morgan fingerprint density at radius 1 is 1.08 bits per heavy atom. The minimum Gasteiger partial charge on any atom is -0.313 e. The summed E-state index contributed by atoms with van der Waals surface area (Å²) in [6.45, 7) is 6.13. The smallest absolute Gasteiger partial charge is 0.00953 e. The van der Waals surface area contributed by atoms with Crippen molar-refractivity contribution in [3.63, 3.8) is 0 Å². The molecule has 13 heavy (non-hydrogen) atoms. The maximum Gasteiger partial charge on any atom is 0.00953 e. The molecule has 2 fully saturated rings. The van der Waals surface area contributed by atoms with Crippen LogP contribution in [0.5, 0.6) is 0 Å². The molecule has 0 radical (unpaired) electrons. The van der Waals surface area contributed by atoms with Crippen LogP contribution in [-0.4, -0.2) is 12.6 Å². The Kier molecular flexibility index (Phi) is 2.92. The Morgan fingerprint density at radius 3 is 2.54 bits per heavy atom. The Labute approximate surface area is 82.3 Å². The zero-order valence-electron chi connectivity index (χ0n) is 9.05. The topological polar surface area (TPSA) is 12.0 Å². The Morgan fingerprint density at radius 2 is 1.85 bits per heavy atom. The Hall–Kier alpha value is -0.0400. The summed E-state index contributed by atoms with van der Waals surface area (Å²) in [5.41, 5.74) is 0. The summed E-state index contributed by atoms with van der Waals surface area (Å²) in [5.74, 6) is 2.86. The molecule has 2 saturated carbocycles. The number of hydrogen-bond donors (Lipinski definition) is 1. The van der Waals surface area contributed by atoms with Crippen molar-refractivity contribution in [1.29, 1.82) is 0 Å². The first kappa shape index (κ1) is 9.51. The van der Waals surface area contributed by atoms with Crippen molar-refractivity contribution in [2.24, 2.45) is 17.8 Å². The first-order valence-electron chi connectivity index (χ1n) is 6.00. The molecule has 0 heterocycles. The fourth-order valence-electron chi connectivity index (χ4n) is 2.51.